The van der Waals surface area contributed by atoms with E-state index in [2.05, 4.69) is 273 Å². The van der Waals surface area contributed by atoms with Gasteiger partial charge < -0.3 is 0 Å². The maximum atomic E-state index is 2.32. The Bertz CT molecular complexity index is 4430. The van der Waals surface area contributed by atoms with Crippen molar-refractivity contribution in [3.05, 3.63) is 258 Å². The summed E-state index contributed by atoms with van der Waals surface area (Å²) in [6.07, 6.45) is 7.63. The Balaban J connectivity index is 0.000000194. The molecule has 1 aliphatic rings. The number of aryl methyl sites for hydroxylation is 1. The van der Waals surface area contributed by atoms with E-state index in [1.54, 1.807) is 0 Å². The first-order valence-electron chi connectivity index (χ1n) is 29.8. The summed E-state index contributed by atoms with van der Waals surface area (Å²) >= 11 is 0. The third-order valence-corrected chi connectivity index (χ3v) is 16.8. The summed E-state index contributed by atoms with van der Waals surface area (Å²) in [6, 6.07) is 79.8. The fourth-order valence-electron chi connectivity index (χ4n) is 12.7. The molecular formula is C81H76. The molecule has 0 unspecified atom stereocenters. The monoisotopic (exact) mass is 1050 g/mol. The van der Waals surface area contributed by atoms with E-state index < -0.39 is 0 Å². The Morgan fingerprint density at radius 2 is 0.815 bits per heavy atom. The Kier molecular flexibility index (Phi) is 15.4. The van der Waals surface area contributed by atoms with Crippen LogP contribution in [0.5, 0.6) is 0 Å². The average Bonchev–Trinajstić information content (AvgIpc) is 4.01. The van der Waals surface area contributed by atoms with Crippen molar-refractivity contribution in [2.75, 3.05) is 0 Å². The molecule has 0 fully saturated rings. The van der Waals surface area contributed by atoms with E-state index in [0.29, 0.717) is 0 Å². The van der Waals surface area contributed by atoms with Crippen LogP contribution >= 0.6 is 0 Å². The molecule has 0 heterocycles. The molecule has 0 amide bonds. The molecule has 0 heteroatoms. The molecular weight excluding hydrogens is 973 g/mol. The number of hydrogen-bond donors (Lipinski definition) is 0. The summed E-state index contributed by atoms with van der Waals surface area (Å²) in [5, 5.41) is 16.2. The topological polar surface area (TPSA) is 0 Å². The van der Waals surface area contributed by atoms with Crippen molar-refractivity contribution in [2.24, 2.45) is 0 Å². The van der Waals surface area contributed by atoms with E-state index >= 15 is 0 Å². The van der Waals surface area contributed by atoms with Crippen LogP contribution < -0.4 is 0 Å². The predicted molar refractivity (Wildman–Crippen MR) is 359 cm³/mol. The van der Waals surface area contributed by atoms with Gasteiger partial charge in [0.25, 0.3) is 0 Å². The van der Waals surface area contributed by atoms with Crippen LogP contribution in [0.1, 0.15) is 110 Å². The van der Waals surface area contributed by atoms with E-state index in [1.165, 1.54) is 159 Å². The van der Waals surface area contributed by atoms with Gasteiger partial charge in [-0.3, -0.25) is 0 Å². The quantitative estimate of drug-likeness (QED) is 0.105. The summed E-state index contributed by atoms with van der Waals surface area (Å²) < 4.78 is 0. The Morgan fingerprint density at radius 3 is 1.36 bits per heavy atom. The second-order valence-electron chi connectivity index (χ2n) is 22.7. The summed E-state index contributed by atoms with van der Waals surface area (Å²) in [5.74, 6) is 0. The zero-order chi connectivity index (χ0) is 56.5. The highest BCUT2D eigenvalue weighted by molar-refractivity contribution is 6.28. The molecule has 13 aromatic carbocycles. The minimum atomic E-state index is 0.136. The molecule has 13 aromatic rings. The van der Waals surface area contributed by atoms with Crippen LogP contribution in [0.3, 0.4) is 0 Å². The zero-order valence-electron chi connectivity index (χ0n) is 49.5. The molecule has 0 atom stereocenters. The molecule has 0 saturated carbocycles. The zero-order valence-corrected chi connectivity index (χ0v) is 49.5. The normalized spacial score (nSPS) is 12.0. The molecule has 81 heavy (non-hydrogen) atoms. The second-order valence-corrected chi connectivity index (χ2v) is 22.7. The van der Waals surface area contributed by atoms with Crippen molar-refractivity contribution in [1.29, 1.82) is 0 Å². The highest BCUT2D eigenvalue weighted by atomic mass is 14.3. The van der Waals surface area contributed by atoms with E-state index in [4.69, 9.17) is 0 Å². The van der Waals surface area contributed by atoms with Gasteiger partial charge in [0.15, 0.2) is 0 Å². The predicted octanol–water partition coefficient (Wildman–Crippen LogP) is 24.1. The van der Waals surface area contributed by atoms with Crippen molar-refractivity contribution in [3.8, 4) is 55.6 Å². The summed E-state index contributed by atoms with van der Waals surface area (Å²) in [7, 11) is 0. The van der Waals surface area contributed by atoms with Crippen LogP contribution in [0.4, 0.5) is 0 Å². The van der Waals surface area contributed by atoms with Gasteiger partial charge in [0.1, 0.15) is 0 Å². The number of allylic oxidation sites excluding steroid dienone is 4. The van der Waals surface area contributed by atoms with Gasteiger partial charge >= 0.3 is 0 Å². The van der Waals surface area contributed by atoms with Gasteiger partial charge in [0.05, 0.1) is 0 Å². The fraction of sp³-hybridized carbons (Fsp3) is 0.185. The summed E-state index contributed by atoms with van der Waals surface area (Å²) in [6.45, 7) is 23.6. The van der Waals surface area contributed by atoms with E-state index in [9.17, 15) is 0 Å². The molecule has 0 aromatic heterocycles. The standard InChI is InChI=1S/C51H38.C26H26.2C2H6/c1-51(2,3)40-25-19-36(20-26-40)44-28-22-38-23-29-46-43(27-21-37-24-30-47(44)50(38)49(37)46)35-17-13-33(14-18-35)32-11-15-34(16-12-32)41-9-6-10-45-42-8-5-4-7-39(42)31-48(41)45;1-5-18(8-7-17(3)4)22-14-11-21-12-15-23-19(6-2)9-10-20-13-16-24(22)26(21)25(20)23;2*1-2/h4-30H,31H2,1-3H3;7-16H,5-6H2,1-4H3;2*1-2H3/b;18-8+;;. The third-order valence-electron chi connectivity index (χ3n) is 16.8. The van der Waals surface area contributed by atoms with Crippen LogP contribution in [-0.2, 0) is 18.3 Å². The molecule has 0 radical (unpaired) electrons. The number of rotatable bonds is 8. The highest BCUT2D eigenvalue weighted by Gasteiger charge is 2.22. The van der Waals surface area contributed by atoms with Crippen molar-refractivity contribution in [1.82, 2.24) is 0 Å². The fourth-order valence-corrected chi connectivity index (χ4v) is 12.7. The molecule has 400 valence electrons. The molecule has 0 N–H and O–H groups in total. The third kappa shape index (κ3) is 10.0. The van der Waals surface area contributed by atoms with Gasteiger partial charge in [-0.15, -0.1) is 0 Å². The van der Waals surface area contributed by atoms with Crippen LogP contribution in [0, 0.1) is 0 Å². The van der Waals surface area contributed by atoms with Crippen LogP contribution in [0.2, 0.25) is 0 Å². The first-order valence-corrected chi connectivity index (χ1v) is 29.8. The van der Waals surface area contributed by atoms with E-state index in [1.807, 2.05) is 27.7 Å². The van der Waals surface area contributed by atoms with Crippen LogP contribution in [0.25, 0.3) is 126 Å². The smallest absolute Gasteiger partial charge is 0.000729 e. The molecule has 1 aliphatic carbocycles. The molecule has 14 rings (SSSR count). The Labute approximate surface area is 481 Å². The van der Waals surface area contributed by atoms with E-state index in [0.717, 1.165) is 19.3 Å². The lowest BCUT2D eigenvalue weighted by molar-refractivity contribution is 0.590. The van der Waals surface area contributed by atoms with Gasteiger partial charge in [0.2, 0.25) is 0 Å². The minimum absolute atomic E-state index is 0.136. The van der Waals surface area contributed by atoms with Crippen molar-refractivity contribution >= 4 is 70.2 Å². The largest absolute Gasteiger partial charge is 0.0764 e. The van der Waals surface area contributed by atoms with Crippen molar-refractivity contribution < 1.29 is 0 Å². The van der Waals surface area contributed by atoms with Crippen LogP contribution in [0.15, 0.2) is 230 Å². The van der Waals surface area contributed by atoms with E-state index in [-0.39, 0.29) is 5.41 Å². The SMILES string of the molecule is CC.CC.CC(C)(C)c1ccc(-c2ccc3ccc4c(-c5ccc(-c6ccc(-c7cccc8c7Cc7ccccc7-8)cc6)cc5)ccc5ccc2c3c54)cc1.CC/C(=C\C=C(C)C)c1ccc2ccc3c(CC)ccc4ccc1c2c43. The highest BCUT2D eigenvalue weighted by Crippen LogP contribution is 2.45. The van der Waals surface area contributed by atoms with Crippen molar-refractivity contribution in [3.63, 3.8) is 0 Å². The lowest BCUT2D eigenvalue weighted by atomic mass is 9.85. The van der Waals surface area contributed by atoms with Gasteiger partial charge in [-0.25, -0.2) is 0 Å². The maximum Gasteiger partial charge on any atom is -0.000729 e. The lowest BCUT2D eigenvalue weighted by Gasteiger charge is -2.20. The molecule has 0 bridgehead atoms. The van der Waals surface area contributed by atoms with Crippen LogP contribution in [-0.4, -0.2) is 0 Å². The number of benzene rings is 13. The molecule has 0 aliphatic heterocycles. The molecule has 0 nitrogen and oxygen atoms in total. The maximum absolute atomic E-state index is 2.32. The number of fused-ring (bicyclic) bond motifs is 3. The van der Waals surface area contributed by atoms with Gasteiger partial charge in [-0.2, -0.15) is 0 Å². The Hall–Kier alpha value is -8.58. The summed E-state index contributed by atoms with van der Waals surface area (Å²) in [5.41, 5.74) is 22.8. The minimum Gasteiger partial charge on any atom is -0.0764 e. The Morgan fingerprint density at radius 1 is 0.383 bits per heavy atom. The first kappa shape index (κ1) is 54.4. The average molecular weight is 1050 g/mol. The second kappa shape index (κ2) is 22.9. The van der Waals surface area contributed by atoms with Crippen molar-refractivity contribution in [2.45, 2.75) is 101 Å². The van der Waals surface area contributed by atoms with Gasteiger partial charge in [-0.05, 0) is 192 Å². The number of hydrogen-bond acceptors (Lipinski definition) is 0. The summed E-state index contributed by atoms with van der Waals surface area (Å²) in [4.78, 5) is 0. The lowest BCUT2D eigenvalue weighted by Crippen LogP contribution is -2.10. The molecule has 0 saturated heterocycles. The molecule has 0 spiro atoms. The van der Waals surface area contributed by atoms with Gasteiger partial charge in [0, 0.05) is 0 Å². The first-order chi connectivity index (χ1) is 39.5. The van der Waals surface area contributed by atoms with Gasteiger partial charge in [-0.1, -0.05) is 292 Å².